The van der Waals surface area contributed by atoms with E-state index in [4.69, 9.17) is 18.9 Å². The molecule has 1 aliphatic rings. The molecule has 1 heterocycles. The Morgan fingerprint density at radius 3 is 2.13 bits per heavy atom. The van der Waals surface area contributed by atoms with Crippen LogP contribution in [-0.4, -0.2) is 42.8 Å². The van der Waals surface area contributed by atoms with Gasteiger partial charge in [-0.05, 0) is 29.3 Å². The SMILES string of the molecule is CC(=O)OC[C@H]1O[C@H](c2ccc3cc(C)ccc3c2)[C@@H](C)[C@@H](OC(C)=O)[C@@H]1OC(C)=O. The Labute approximate surface area is 181 Å². The summed E-state index contributed by atoms with van der Waals surface area (Å²) in [4.78, 5) is 34.9. The Morgan fingerprint density at radius 2 is 1.48 bits per heavy atom. The Hall–Kier alpha value is -2.93. The number of aryl methyl sites for hydroxylation is 1. The molecule has 2 aromatic carbocycles. The Bertz CT molecular complexity index is 983. The summed E-state index contributed by atoms with van der Waals surface area (Å²) in [5.41, 5.74) is 2.07. The summed E-state index contributed by atoms with van der Waals surface area (Å²) in [5.74, 6) is -1.82. The second kappa shape index (κ2) is 9.47. The lowest BCUT2D eigenvalue weighted by atomic mass is 9.84. The first-order chi connectivity index (χ1) is 14.7. The van der Waals surface area contributed by atoms with Gasteiger partial charge in [0.2, 0.25) is 0 Å². The number of esters is 3. The zero-order valence-corrected chi connectivity index (χ0v) is 18.4. The molecule has 0 spiro atoms. The molecular weight excluding hydrogens is 400 g/mol. The standard InChI is InChI=1S/C24H28O7/c1-13-6-7-19-11-20(9-8-18(19)10-13)22-14(2)23(29-16(4)26)24(30-17(5)27)21(31-22)12-28-15(3)25/h6-11,14,21-24H,12H2,1-5H3/t14-,21-,22+,23-,24-/m1/s1. The second-order valence-electron chi connectivity index (χ2n) is 8.01. The van der Waals surface area contributed by atoms with Crippen LogP contribution < -0.4 is 0 Å². The third-order valence-electron chi connectivity index (χ3n) is 5.41. The van der Waals surface area contributed by atoms with Gasteiger partial charge in [-0.25, -0.2) is 0 Å². The van der Waals surface area contributed by atoms with Gasteiger partial charge in [0.1, 0.15) is 18.8 Å². The fourth-order valence-electron chi connectivity index (χ4n) is 4.05. The van der Waals surface area contributed by atoms with E-state index in [0.29, 0.717) is 0 Å². The van der Waals surface area contributed by atoms with Crippen LogP contribution in [0.25, 0.3) is 10.8 Å². The van der Waals surface area contributed by atoms with Gasteiger partial charge in [0.15, 0.2) is 6.10 Å². The number of rotatable bonds is 5. The van der Waals surface area contributed by atoms with Crippen LogP contribution in [0, 0.1) is 12.8 Å². The maximum absolute atomic E-state index is 11.8. The third kappa shape index (κ3) is 5.41. The van der Waals surface area contributed by atoms with Crippen molar-refractivity contribution in [3.05, 3.63) is 47.5 Å². The molecule has 3 rings (SSSR count). The van der Waals surface area contributed by atoms with E-state index in [2.05, 4.69) is 6.07 Å². The molecule has 0 saturated carbocycles. The molecule has 2 aromatic rings. The number of carbonyl (C=O) groups excluding carboxylic acids is 3. The van der Waals surface area contributed by atoms with E-state index >= 15 is 0 Å². The molecule has 1 saturated heterocycles. The summed E-state index contributed by atoms with van der Waals surface area (Å²) >= 11 is 0. The molecule has 0 unspecified atom stereocenters. The maximum Gasteiger partial charge on any atom is 0.303 e. The monoisotopic (exact) mass is 428 g/mol. The predicted molar refractivity (Wildman–Crippen MR) is 113 cm³/mol. The first kappa shape index (κ1) is 22.7. The van der Waals surface area contributed by atoms with E-state index in [1.165, 1.54) is 26.3 Å². The highest BCUT2D eigenvalue weighted by atomic mass is 16.6. The van der Waals surface area contributed by atoms with E-state index in [-0.39, 0.29) is 12.5 Å². The Balaban J connectivity index is 1.99. The number of hydrogen-bond acceptors (Lipinski definition) is 7. The Kier molecular flexibility index (Phi) is 6.95. The molecule has 0 aliphatic carbocycles. The van der Waals surface area contributed by atoms with E-state index in [1.54, 1.807) is 0 Å². The molecule has 31 heavy (non-hydrogen) atoms. The van der Waals surface area contributed by atoms with Crippen molar-refractivity contribution < 1.29 is 33.3 Å². The summed E-state index contributed by atoms with van der Waals surface area (Å²) in [6, 6.07) is 12.2. The summed E-state index contributed by atoms with van der Waals surface area (Å²) < 4.78 is 22.5. The predicted octanol–water partition coefficient (Wildman–Crippen LogP) is 3.65. The number of carbonyl (C=O) groups is 3. The van der Waals surface area contributed by atoms with Crippen molar-refractivity contribution in [2.75, 3.05) is 6.61 Å². The highest BCUT2D eigenvalue weighted by molar-refractivity contribution is 5.84. The van der Waals surface area contributed by atoms with Crippen molar-refractivity contribution in [1.29, 1.82) is 0 Å². The van der Waals surface area contributed by atoms with Crippen LogP contribution in [0.2, 0.25) is 0 Å². The number of fused-ring (bicyclic) bond motifs is 1. The molecule has 0 aromatic heterocycles. The van der Waals surface area contributed by atoms with Crippen molar-refractivity contribution in [2.45, 2.75) is 59.0 Å². The minimum Gasteiger partial charge on any atom is -0.463 e. The fraction of sp³-hybridized carbons (Fsp3) is 0.458. The average Bonchev–Trinajstić information content (AvgIpc) is 2.69. The van der Waals surface area contributed by atoms with E-state index < -0.39 is 42.3 Å². The topological polar surface area (TPSA) is 88.1 Å². The molecule has 0 N–H and O–H groups in total. The van der Waals surface area contributed by atoms with Crippen LogP contribution >= 0.6 is 0 Å². The van der Waals surface area contributed by atoms with E-state index in [9.17, 15) is 14.4 Å². The smallest absolute Gasteiger partial charge is 0.303 e. The van der Waals surface area contributed by atoms with Crippen molar-refractivity contribution in [3.8, 4) is 0 Å². The summed E-state index contributed by atoms with van der Waals surface area (Å²) in [6.07, 6.45) is -2.89. The average molecular weight is 428 g/mol. The molecule has 5 atom stereocenters. The first-order valence-electron chi connectivity index (χ1n) is 10.3. The zero-order chi connectivity index (χ0) is 22.7. The molecule has 7 heteroatoms. The second-order valence-corrected chi connectivity index (χ2v) is 8.01. The summed E-state index contributed by atoms with van der Waals surface area (Å²) in [7, 11) is 0. The van der Waals surface area contributed by atoms with Crippen LogP contribution in [0.15, 0.2) is 36.4 Å². The minimum absolute atomic E-state index is 0.124. The van der Waals surface area contributed by atoms with Crippen molar-refractivity contribution >= 4 is 28.7 Å². The molecule has 0 amide bonds. The van der Waals surface area contributed by atoms with E-state index in [1.807, 2.05) is 44.2 Å². The van der Waals surface area contributed by atoms with E-state index in [0.717, 1.165) is 16.3 Å². The lowest BCUT2D eigenvalue weighted by Gasteiger charge is -2.44. The van der Waals surface area contributed by atoms with Gasteiger partial charge < -0.3 is 18.9 Å². The largest absolute Gasteiger partial charge is 0.463 e. The maximum atomic E-state index is 11.8. The van der Waals surface area contributed by atoms with Gasteiger partial charge in [0, 0.05) is 26.7 Å². The van der Waals surface area contributed by atoms with Gasteiger partial charge in [0.05, 0.1) is 6.10 Å². The lowest BCUT2D eigenvalue weighted by Crippen LogP contribution is -2.55. The van der Waals surface area contributed by atoms with Crippen molar-refractivity contribution in [2.24, 2.45) is 5.92 Å². The van der Waals surface area contributed by atoms with Gasteiger partial charge in [-0.15, -0.1) is 0 Å². The van der Waals surface area contributed by atoms with Crippen LogP contribution in [-0.2, 0) is 33.3 Å². The molecule has 0 bridgehead atoms. The Morgan fingerprint density at radius 1 is 0.871 bits per heavy atom. The van der Waals surface area contributed by atoms with Crippen molar-refractivity contribution in [1.82, 2.24) is 0 Å². The highest BCUT2D eigenvalue weighted by Gasteiger charge is 2.48. The number of ether oxygens (including phenoxy) is 4. The summed E-state index contributed by atoms with van der Waals surface area (Å²) in [5, 5.41) is 2.17. The number of hydrogen-bond donors (Lipinski definition) is 0. The first-order valence-corrected chi connectivity index (χ1v) is 10.3. The molecular formula is C24H28O7. The normalized spacial score (nSPS) is 25.6. The summed E-state index contributed by atoms with van der Waals surface area (Å²) in [6.45, 7) is 7.67. The van der Waals surface area contributed by atoms with Gasteiger partial charge in [-0.3, -0.25) is 14.4 Å². The van der Waals surface area contributed by atoms with Crippen LogP contribution in [0.3, 0.4) is 0 Å². The molecule has 0 radical (unpaired) electrons. The van der Waals surface area contributed by atoms with Crippen LogP contribution in [0.4, 0.5) is 0 Å². The van der Waals surface area contributed by atoms with Gasteiger partial charge in [-0.2, -0.15) is 0 Å². The third-order valence-corrected chi connectivity index (χ3v) is 5.41. The molecule has 1 fully saturated rings. The lowest BCUT2D eigenvalue weighted by molar-refractivity contribution is -0.232. The number of benzene rings is 2. The van der Waals surface area contributed by atoms with Crippen LogP contribution in [0.1, 0.15) is 44.9 Å². The fourth-order valence-corrected chi connectivity index (χ4v) is 4.05. The van der Waals surface area contributed by atoms with Gasteiger partial charge >= 0.3 is 17.9 Å². The highest BCUT2D eigenvalue weighted by Crippen LogP contribution is 2.40. The minimum atomic E-state index is -0.893. The zero-order valence-electron chi connectivity index (χ0n) is 18.4. The van der Waals surface area contributed by atoms with Gasteiger partial charge in [0.25, 0.3) is 0 Å². The molecule has 166 valence electrons. The molecule has 7 nitrogen and oxygen atoms in total. The molecule has 1 aliphatic heterocycles. The van der Waals surface area contributed by atoms with Gasteiger partial charge in [-0.1, -0.05) is 42.8 Å². The van der Waals surface area contributed by atoms with Crippen molar-refractivity contribution in [3.63, 3.8) is 0 Å². The van der Waals surface area contributed by atoms with Crippen LogP contribution in [0.5, 0.6) is 0 Å². The quantitative estimate of drug-likeness (QED) is 0.530.